The molecule has 1 saturated heterocycles. The topological polar surface area (TPSA) is 77.1 Å². The number of H-pyrrole nitrogens is 1. The number of aliphatic hydroxyl groups is 1. The van der Waals surface area contributed by atoms with Gasteiger partial charge in [0.2, 0.25) is 0 Å². The van der Waals surface area contributed by atoms with Crippen molar-refractivity contribution in [3.05, 3.63) is 72.2 Å². The second-order valence-electron chi connectivity index (χ2n) is 7.61. The number of piperidine rings is 1. The van der Waals surface area contributed by atoms with E-state index in [1.54, 1.807) is 12.4 Å². The fraction of sp³-hybridized carbons (Fsp3) is 0.364. The lowest BCUT2D eigenvalue weighted by atomic mass is 9.89. The number of aliphatic hydroxyl groups excluding tert-OH is 1. The normalized spacial score (nSPS) is 20.3. The van der Waals surface area contributed by atoms with Gasteiger partial charge in [0.25, 0.3) is 0 Å². The SMILES string of the molecule is OCC1(NCc2cc(-c3ccncc3)n[nH]2)CCCN(Cc2ccccc2)C1. The zero-order valence-corrected chi connectivity index (χ0v) is 16.0. The zero-order valence-electron chi connectivity index (χ0n) is 16.0. The van der Waals surface area contributed by atoms with Crippen molar-refractivity contribution in [2.45, 2.75) is 31.5 Å². The fourth-order valence-electron chi connectivity index (χ4n) is 3.94. The van der Waals surface area contributed by atoms with Crippen molar-refractivity contribution in [2.24, 2.45) is 0 Å². The van der Waals surface area contributed by atoms with Crippen LogP contribution < -0.4 is 5.32 Å². The van der Waals surface area contributed by atoms with E-state index in [0.29, 0.717) is 6.54 Å². The second-order valence-corrected chi connectivity index (χ2v) is 7.61. The lowest BCUT2D eigenvalue weighted by molar-refractivity contribution is 0.0620. The van der Waals surface area contributed by atoms with Gasteiger partial charge in [0.05, 0.1) is 17.8 Å². The van der Waals surface area contributed by atoms with E-state index < -0.39 is 0 Å². The van der Waals surface area contributed by atoms with Crippen LogP contribution in [0.15, 0.2) is 60.9 Å². The molecule has 3 N–H and O–H groups in total. The highest BCUT2D eigenvalue weighted by molar-refractivity contribution is 5.58. The van der Waals surface area contributed by atoms with E-state index in [4.69, 9.17) is 0 Å². The van der Waals surface area contributed by atoms with Gasteiger partial charge in [0.1, 0.15) is 0 Å². The number of aromatic amines is 1. The fourth-order valence-corrected chi connectivity index (χ4v) is 3.94. The number of rotatable bonds is 7. The third-order valence-corrected chi connectivity index (χ3v) is 5.47. The molecular weight excluding hydrogens is 350 g/mol. The molecule has 1 unspecified atom stereocenters. The monoisotopic (exact) mass is 377 g/mol. The molecule has 1 aliphatic rings. The molecule has 3 heterocycles. The van der Waals surface area contributed by atoms with Crippen molar-refractivity contribution in [3.8, 4) is 11.3 Å². The third kappa shape index (κ3) is 4.47. The standard InChI is InChI=1S/C22H27N5O/c28-17-22(9-4-12-27(16-22)15-18-5-2-1-3-6-18)24-14-20-13-21(26-25-20)19-7-10-23-11-8-19/h1-3,5-8,10-11,13,24,28H,4,9,12,14-17H2,(H,25,26). The Bertz CT molecular complexity index is 867. The van der Waals surface area contributed by atoms with E-state index in [9.17, 15) is 5.11 Å². The Morgan fingerprint density at radius 3 is 2.75 bits per heavy atom. The van der Waals surface area contributed by atoms with Gasteiger partial charge in [-0.15, -0.1) is 0 Å². The van der Waals surface area contributed by atoms with Crippen LogP contribution in [0, 0.1) is 0 Å². The van der Waals surface area contributed by atoms with Crippen LogP contribution in [0.1, 0.15) is 24.1 Å². The molecule has 0 amide bonds. The van der Waals surface area contributed by atoms with Crippen LogP contribution in [-0.4, -0.2) is 50.4 Å². The van der Waals surface area contributed by atoms with Gasteiger partial charge < -0.3 is 10.4 Å². The number of likely N-dealkylation sites (tertiary alicyclic amines) is 1. The third-order valence-electron chi connectivity index (χ3n) is 5.47. The summed E-state index contributed by atoms with van der Waals surface area (Å²) in [5.74, 6) is 0. The van der Waals surface area contributed by atoms with Crippen molar-refractivity contribution < 1.29 is 5.11 Å². The molecule has 3 aromatic rings. The minimum atomic E-state index is -0.283. The molecule has 1 aliphatic heterocycles. The summed E-state index contributed by atoms with van der Waals surface area (Å²) >= 11 is 0. The average Bonchev–Trinajstić information content (AvgIpc) is 3.23. The van der Waals surface area contributed by atoms with Gasteiger partial charge in [-0.1, -0.05) is 30.3 Å². The van der Waals surface area contributed by atoms with Gasteiger partial charge in [-0.3, -0.25) is 15.0 Å². The van der Waals surface area contributed by atoms with E-state index in [-0.39, 0.29) is 12.1 Å². The number of aromatic nitrogens is 3. The van der Waals surface area contributed by atoms with Crippen molar-refractivity contribution in [1.82, 2.24) is 25.4 Å². The highest BCUT2D eigenvalue weighted by Gasteiger charge is 2.34. The Hall–Kier alpha value is -2.54. The molecule has 2 aromatic heterocycles. The largest absolute Gasteiger partial charge is 0.394 e. The van der Waals surface area contributed by atoms with Gasteiger partial charge in [-0.25, -0.2) is 0 Å². The van der Waals surface area contributed by atoms with Crippen molar-refractivity contribution in [2.75, 3.05) is 19.7 Å². The van der Waals surface area contributed by atoms with E-state index in [1.165, 1.54) is 5.56 Å². The maximum atomic E-state index is 10.2. The molecule has 0 bridgehead atoms. The lowest BCUT2D eigenvalue weighted by Crippen LogP contribution is -2.58. The first-order valence-corrected chi connectivity index (χ1v) is 9.83. The molecule has 0 spiro atoms. The Morgan fingerprint density at radius 1 is 1.14 bits per heavy atom. The summed E-state index contributed by atoms with van der Waals surface area (Å²) in [6.07, 6.45) is 5.59. The smallest absolute Gasteiger partial charge is 0.0925 e. The van der Waals surface area contributed by atoms with Crippen LogP contribution in [0.25, 0.3) is 11.3 Å². The minimum absolute atomic E-state index is 0.129. The molecule has 6 nitrogen and oxygen atoms in total. The maximum Gasteiger partial charge on any atom is 0.0925 e. The molecular formula is C22H27N5O. The number of nitrogens with zero attached hydrogens (tertiary/aromatic N) is 3. The summed E-state index contributed by atoms with van der Waals surface area (Å²) in [6, 6.07) is 16.5. The van der Waals surface area contributed by atoms with Crippen molar-refractivity contribution in [3.63, 3.8) is 0 Å². The number of pyridine rings is 1. The van der Waals surface area contributed by atoms with Gasteiger partial charge in [-0.05, 0) is 43.1 Å². The van der Waals surface area contributed by atoms with Crippen LogP contribution in [0.4, 0.5) is 0 Å². The first kappa shape index (κ1) is 18.8. The number of benzene rings is 1. The first-order valence-electron chi connectivity index (χ1n) is 9.83. The van der Waals surface area contributed by atoms with Gasteiger partial charge in [-0.2, -0.15) is 5.10 Å². The zero-order chi connectivity index (χ0) is 19.2. The Morgan fingerprint density at radius 2 is 1.96 bits per heavy atom. The molecule has 1 atom stereocenters. The van der Waals surface area contributed by atoms with Gasteiger partial charge in [0.15, 0.2) is 0 Å². The highest BCUT2D eigenvalue weighted by atomic mass is 16.3. The molecule has 4 rings (SSSR count). The van der Waals surface area contributed by atoms with Crippen molar-refractivity contribution >= 4 is 0 Å². The maximum absolute atomic E-state index is 10.2. The predicted molar refractivity (Wildman–Crippen MR) is 109 cm³/mol. The molecule has 1 aromatic carbocycles. The Balaban J connectivity index is 1.39. The number of hydrogen-bond donors (Lipinski definition) is 3. The van der Waals surface area contributed by atoms with Crippen LogP contribution in [-0.2, 0) is 13.1 Å². The van der Waals surface area contributed by atoms with Gasteiger partial charge in [0, 0.05) is 43.3 Å². The van der Waals surface area contributed by atoms with E-state index in [0.717, 1.165) is 49.4 Å². The second kappa shape index (κ2) is 8.65. The summed E-state index contributed by atoms with van der Waals surface area (Å²) in [7, 11) is 0. The van der Waals surface area contributed by atoms with Crippen LogP contribution >= 0.6 is 0 Å². The predicted octanol–water partition coefficient (Wildman–Crippen LogP) is 2.59. The molecule has 28 heavy (non-hydrogen) atoms. The average molecular weight is 377 g/mol. The molecule has 1 fully saturated rings. The number of hydrogen-bond acceptors (Lipinski definition) is 5. The van der Waals surface area contributed by atoms with Crippen LogP contribution in [0.5, 0.6) is 0 Å². The van der Waals surface area contributed by atoms with E-state index >= 15 is 0 Å². The first-order chi connectivity index (χ1) is 13.8. The Kier molecular flexibility index (Phi) is 5.81. The molecule has 0 saturated carbocycles. The minimum Gasteiger partial charge on any atom is -0.394 e. The number of nitrogens with one attached hydrogen (secondary N) is 2. The molecule has 6 heteroatoms. The van der Waals surface area contributed by atoms with Crippen LogP contribution in [0.2, 0.25) is 0 Å². The van der Waals surface area contributed by atoms with E-state index in [2.05, 4.69) is 55.7 Å². The summed E-state index contributed by atoms with van der Waals surface area (Å²) in [5, 5.41) is 21.3. The van der Waals surface area contributed by atoms with Gasteiger partial charge >= 0.3 is 0 Å². The Labute approximate surface area is 165 Å². The molecule has 146 valence electrons. The summed E-state index contributed by atoms with van der Waals surface area (Å²) in [4.78, 5) is 6.48. The van der Waals surface area contributed by atoms with Crippen molar-refractivity contribution in [1.29, 1.82) is 0 Å². The highest BCUT2D eigenvalue weighted by Crippen LogP contribution is 2.23. The quantitative estimate of drug-likeness (QED) is 0.590. The van der Waals surface area contributed by atoms with E-state index in [1.807, 2.05) is 18.2 Å². The summed E-state index contributed by atoms with van der Waals surface area (Å²) in [6.45, 7) is 3.60. The molecule has 0 radical (unpaired) electrons. The van der Waals surface area contributed by atoms with Crippen LogP contribution in [0.3, 0.4) is 0 Å². The lowest BCUT2D eigenvalue weighted by Gasteiger charge is -2.42. The molecule has 0 aliphatic carbocycles. The summed E-state index contributed by atoms with van der Waals surface area (Å²) in [5.41, 5.74) is 3.99. The summed E-state index contributed by atoms with van der Waals surface area (Å²) < 4.78 is 0.